The summed E-state index contributed by atoms with van der Waals surface area (Å²) in [5.74, 6) is 0.585. The highest BCUT2D eigenvalue weighted by Gasteiger charge is 2.28. The third-order valence-corrected chi connectivity index (χ3v) is 6.02. The Morgan fingerprint density at radius 1 is 1.10 bits per heavy atom. The Balaban J connectivity index is 1.68. The first kappa shape index (κ1) is 23.9. The summed E-state index contributed by atoms with van der Waals surface area (Å²) in [4.78, 5) is 9.67. The lowest BCUT2D eigenvalue weighted by Crippen LogP contribution is -2.52. The van der Waals surface area contributed by atoms with Gasteiger partial charge in [-0.3, -0.25) is 14.8 Å². The number of guanidine groups is 1. The SMILES string of the molecule is CCNC(=NCC(C)(C)N1CCOCC1)NCC(c1cccc(F)c1)N1CCOCC1. The molecule has 174 valence electrons. The maximum absolute atomic E-state index is 13.9. The number of aliphatic imine (C=N–C) groups is 1. The molecule has 0 aliphatic carbocycles. The van der Waals surface area contributed by atoms with Crippen molar-refractivity contribution in [3.63, 3.8) is 0 Å². The molecule has 2 aliphatic rings. The predicted molar refractivity (Wildman–Crippen MR) is 122 cm³/mol. The van der Waals surface area contributed by atoms with E-state index in [1.165, 1.54) is 6.07 Å². The van der Waals surface area contributed by atoms with Crippen LogP contribution < -0.4 is 10.6 Å². The summed E-state index contributed by atoms with van der Waals surface area (Å²) < 4.78 is 24.9. The van der Waals surface area contributed by atoms with Crippen molar-refractivity contribution in [1.29, 1.82) is 0 Å². The third kappa shape index (κ3) is 7.14. The fourth-order valence-corrected chi connectivity index (χ4v) is 4.14. The molecule has 0 saturated carbocycles. The Kier molecular flexibility index (Phi) is 9.07. The minimum Gasteiger partial charge on any atom is -0.379 e. The van der Waals surface area contributed by atoms with Gasteiger partial charge in [-0.2, -0.15) is 0 Å². The lowest BCUT2D eigenvalue weighted by atomic mass is 10.0. The summed E-state index contributed by atoms with van der Waals surface area (Å²) in [6.45, 7) is 15.1. The van der Waals surface area contributed by atoms with Gasteiger partial charge in [0.25, 0.3) is 0 Å². The van der Waals surface area contributed by atoms with Gasteiger partial charge < -0.3 is 20.1 Å². The number of ether oxygens (including phenoxy) is 2. The van der Waals surface area contributed by atoms with Crippen LogP contribution in [0.1, 0.15) is 32.4 Å². The molecule has 8 heteroatoms. The highest BCUT2D eigenvalue weighted by Crippen LogP contribution is 2.22. The summed E-state index contributed by atoms with van der Waals surface area (Å²) in [5.41, 5.74) is 0.928. The van der Waals surface area contributed by atoms with Crippen LogP contribution in [-0.2, 0) is 9.47 Å². The van der Waals surface area contributed by atoms with E-state index in [1.54, 1.807) is 12.1 Å². The maximum atomic E-state index is 13.9. The third-order valence-electron chi connectivity index (χ3n) is 6.02. The standard InChI is InChI=1S/C23H38FN5O2/c1-4-25-22(27-18-23(2,3)29-10-14-31-15-11-29)26-17-21(28-8-12-30-13-9-28)19-6-5-7-20(24)16-19/h5-7,16,21H,4,8-15,17-18H2,1-3H3,(H2,25,26,27). The molecule has 1 unspecified atom stereocenters. The van der Waals surface area contributed by atoms with Gasteiger partial charge in [0.2, 0.25) is 0 Å². The molecule has 0 aromatic heterocycles. The van der Waals surface area contributed by atoms with Crippen LogP contribution in [-0.4, -0.2) is 93.5 Å². The number of nitrogens with one attached hydrogen (secondary N) is 2. The molecule has 31 heavy (non-hydrogen) atoms. The molecular formula is C23H38FN5O2. The van der Waals surface area contributed by atoms with Crippen LogP contribution in [0.15, 0.2) is 29.3 Å². The zero-order valence-corrected chi connectivity index (χ0v) is 19.2. The number of morpholine rings is 2. The summed E-state index contributed by atoms with van der Waals surface area (Å²) in [5, 5.41) is 6.86. The molecule has 0 bridgehead atoms. The molecule has 1 atom stereocenters. The minimum atomic E-state index is -0.205. The highest BCUT2D eigenvalue weighted by atomic mass is 19.1. The average Bonchev–Trinajstić information content (AvgIpc) is 2.79. The molecule has 2 saturated heterocycles. The average molecular weight is 436 g/mol. The minimum absolute atomic E-state index is 0.0434. The number of benzene rings is 1. The van der Waals surface area contributed by atoms with Crippen molar-refractivity contribution < 1.29 is 13.9 Å². The molecule has 2 fully saturated rings. The van der Waals surface area contributed by atoms with Crippen molar-refractivity contribution in [2.45, 2.75) is 32.4 Å². The van der Waals surface area contributed by atoms with Gasteiger partial charge in [0.05, 0.1) is 39.0 Å². The molecule has 1 aromatic carbocycles. The van der Waals surface area contributed by atoms with E-state index in [0.29, 0.717) is 26.3 Å². The number of halogens is 1. The summed E-state index contributed by atoms with van der Waals surface area (Å²) in [6, 6.07) is 6.95. The van der Waals surface area contributed by atoms with Crippen LogP contribution in [0, 0.1) is 5.82 Å². The van der Waals surface area contributed by atoms with E-state index in [-0.39, 0.29) is 17.4 Å². The van der Waals surface area contributed by atoms with E-state index >= 15 is 0 Å². The summed E-state index contributed by atoms with van der Waals surface area (Å²) >= 11 is 0. The first-order chi connectivity index (χ1) is 15.0. The molecule has 2 aliphatic heterocycles. The molecule has 2 N–H and O–H groups in total. The maximum Gasteiger partial charge on any atom is 0.191 e. The van der Waals surface area contributed by atoms with Crippen molar-refractivity contribution in [2.24, 2.45) is 4.99 Å². The number of hydrogen-bond donors (Lipinski definition) is 2. The Hall–Kier alpha value is -1.74. The van der Waals surface area contributed by atoms with Gasteiger partial charge in [-0.15, -0.1) is 0 Å². The van der Waals surface area contributed by atoms with Crippen LogP contribution in [0.3, 0.4) is 0 Å². The van der Waals surface area contributed by atoms with Crippen LogP contribution in [0.4, 0.5) is 4.39 Å². The lowest BCUT2D eigenvalue weighted by molar-refractivity contribution is -0.00684. The molecule has 0 spiro atoms. The Labute approximate surface area is 186 Å². The van der Waals surface area contributed by atoms with Crippen LogP contribution in [0.5, 0.6) is 0 Å². The Bertz CT molecular complexity index is 703. The second-order valence-corrected chi connectivity index (χ2v) is 8.71. The van der Waals surface area contributed by atoms with E-state index in [4.69, 9.17) is 14.5 Å². The van der Waals surface area contributed by atoms with Gasteiger partial charge in [-0.05, 0) is 38.5 Å². The first-order valence-corrected chi connectivity index (χ1v) is 11.4. The lowest BCUT2D eigenvalue weighted by Gasteiger charge is -2.40. The molecular weight excluding hydrogens is 397 g/mol. The van der Waals surface area contributed by atoms with Crippen LogP contribution >= 0.6 is 0 Å². The van der Waals surface area contributed by atoms with E-state index in [0.717, 1.165) is 57.5 Å². The smallest absolute Gasteiger partial charge is 0.191 e. The van der Waals surface area contributed by atoms with E-state index in [9.17, 15) is 4.39 Å². The van der Waals surface area contributed by atoms with Crippen molar-refractivity contribution in [3.05, 3.63) is 35.6 Å². The number of nitrogens with zero attached hydrogens (tertiary/aromatic N) is 3. The first-order valence-electron chi connectivity index (χ1n) is 11.4. The van der Waals surface area contributed by atoms with Gasteiger partial charge in [0, 0.05) is 44.8 Å². The van der Waals surface area contributed by atoms with Crippen molar-refractivity contribution in [1.82, 2.24) is 20.4 Å². The van der Waals surface area contributed by atoms with Crippen molar-refractivity contribution in [3.8, 4) is 0 Å². The Morgan fingerprint density at radius 2 is 1.77 bits per heavy atom. The molecule has 0 radical (unpaired) electrons. The second-order valence-electron chi connectivity index (χ2n) is 8.71. The van der Waals surface area contributed by atoms with Gasteiger partial charge in [-0.1, -0.05) is 12.1 Å². The van der Waals surface area contributed by atoms with Gasteiger partial charge in [0.15, 0.2) is 5.96 Å². The monoisotopic (exact) mass is 435 g/mol. The summed E-state index contributed by atoms with van der Waals surface area (Å²) in [6.07, 6.45) is 0. The topological polar surface area (TPSA) is 61.4 Å². The number of rotatable bonds is 8. The fourth-order valence-electron chi connectivity index (χ4n) is 4.14. The second kappa shape index (κ2) is 11.8. The van der Waals surface area contributed by atoms with Gasteiger partial charge in [0.1, 0.15) is 5.82 Å². The Morgan fingerprint density at radius 3 is 2.42 bits per heavy atom. The van der Waals surface area contributed by atoms with Crippen LogP contribution in [0.2, 0.25) is 0 Å². The van der Waals surface area contributed by atoms with Crippen molar-refractivity contribution >= 4 is 5.96 Å². The van der Waals surface area contributed by atoms with E-state index in [1.807, 2.05) is 6.07 Å². The van der Waals surface area contributed by atoms with E-state index in [2.05, 4.69) is 41.2 Å². The fraction of sp³-hybridized carbons (Fsp3) is 0.696. The van der Waals surface area contributed by atoms with Crippen LogP contribution in [0.25, 0.3) is 0 Å². The molecule has 7 nitrogen and oxygen atoms in total. The molecule has 0 amide bonds. The zero-order chi connectivity index (χ0) is 22.1. The molecule has 1 aromatic rings. The normalized spacial score (nSPS) is 20.5. The summed E-state index contributed by atoms with van der Waals surface area (Å²) in [7, 11) is 0. The highest BCUT2D eigenvalue weighted by molar-refractivity contribution is 5.79. The quantitative estimate of drug-likeness (QED) is 0.480. The largest absolute Gasteiger partial charge is 0.379 e. The zero-order valence-electron chi connectivity index (χ0n) is 19.2. The molecule has 2 heterocycles. The van der Waals surface area contributed by atoms with Gasteiger partial charge >= 0.3 is 0 Å². The van der Waals surface area contributed by atoms with Gasteiger partial charge in [-0.25, -0.2) is 4.39 Å². The predicted octanol–water partition coefficient (Wildman–Crippen LogP) is 1.86. The molecule has 3 rings (SSSR count). The number of hydrogen-bond acceptors (Lipinski definition) is 5. The van der Waals surface area contributed by atoms with E-state index < -0.39 is 0 Å². The van der Waals surface area contributed by atoms with Crippen molar-refractivity contribution in [2.75, 3.05) is 72.2 Å².